The quantitative estimate of drug-likeness (QED) is 0.685. The van der Waals surface area contributed by atoms with Crippen molar-refractivity contribution in [2.45, 2.75) is 26.8 Å². The van der Waals surface area contributed by atoms with Crippen molar-refractivity contribution in [2.75, 3.05) is 17.7 Å². The minimum absolute atomic E-state index is 0.110. The summed E-state index contributed by atoms with van der Waals surface area (Å²) in [5, 5.41) is 8.23. The molecule has 0 unspecified atom stereocenters. The normalized spacial score (nSPS) is 11.5. The van der Waals surface area contributed by atoms with E-state index in [1.165, 1.54) is 6.92 Å². The van der Waals surface area contributed by atoms with Crippen LogP contribution < -0.4 is 20.7 Å². The van der Waals surface area contributed by atoms with Gasteiger partial charge in [0, 0.05) is 23.9 Å². The molecule has 0 saturated heterocycles. The average molecular weight is 383 g/mol. The Bertz CT molecular complexity index is 830. The first-order valence-electron chi connectivity index (χ1n) is 8.93. The molecule has 3 N–H and O–H groups in total. The molecule has 0 saturated carbocycles. The standard InChI is InChI=1S/C21H25N3O4/c1-13(2)19(24-20(26)15-5-11-18(28-4)12-6-15)21(27)23-17-9-7-16(8-10-17)22-14(3)25/h5-13,19H,1-4H3,(H,22,25)(H,23,27)(H,24,26)/t19-/m0/s1. The van der Waals surface area contributed by atoms with E-state index in [0.717, 1.165) is 0 Å². The second-order valence-corrected chi connectivity index (χ2v) is 6.67. The van der Waals surface area contributed by atoms with Crippen molar-refractivity contribution >= 4 is 29.1 Å². The van der Waals surface area contributed by atoms with Crippen LogP contribution in [0.2, 0.25) is 0 Å². The third kappa shape index (κ3) is 5.84. The second-order valence-electron chi connectivity index (χ2n) is 6.67. The Kier molecular flexibility index (Phi) is 7.14. The molecule has 148 valence electrons. The van der Waals surface area contributed by atoms with Crippen molar-refractivity contribution in [3.05, 3.63) is 54.1 Å². The van der Waals surface area contributed by atoms with Crippen molar-refractivity contribution in [1.82, 2.24) is 5.32 Å². The van der Waals surface area contributed by atoms with Gasteiger partial charge in [-0.3, -0.25) is 14.4 Å². The smallest absolute Gasteiger partial charge is 0.251 e. The number of anilines is 2. The maximum atomic E-state index is 12.7. The van der Waals surface area contributed by atoms with Crippen molar-refractivity contribution in [2.24, 2.45) is 5.92 Å². The maximum absolute atomic E-state index is 12.7. The lowest BCUT2D eigenvalue weighted by Gasteiger charge is -2.22. The first kappa shape index (κ1) is 21.0. The van der Waals surface area contributed by atoms with Gasteiger partial charge in [0.25, 0.3) is 5.91 Å². The fourth-order valence-corrected chi connectivity index (χ4v) is 2.56. The van der Waals surface area contributed by atoms with Crippen LogP contribution in [0.15, 0.2) is 48.5 Å². The molecule has 0 fully saturated rings. The summed E-state index contributed by atoms with van der Waals surface area (Å²) < 4.78 is 5.08. The van der Waals surface area contributed by atoms with Crippen molar-refractivity contribution in [1.29, 1.82) is 0 Å². The number of carbonyl (C=O) groups is 3. The molecule has 2 aromatic rings. The van der Waals surface area contributed by atoms with Gasteiger partial charge in [0.15, 0.2) is 0 Å². The third-order valence-electron chi connectivity index (χ3n) is 4.06. The molecule has 2 aromatic carbocycles. The molecule has 0 aliphatic rings. The molecule has 0 spiro atoms. The van der Waals surface area contributed by atoms with E-state index in [9.17, 15) is 14.4 Å². The van der Waals surface area contributed by atoms with Gasteiger partial charge in [-0.2, -0.15) is 0 Å². The Balaban J connectivity index is 2.04. The summed E-state index contributed by atoms with van der Waals surface area (Å²) in [7, 11) is 1.55. The third-order valence-corrected chi connectivity index (χ3v) is 4.06. The molecular formula is C21H25N3O4. The van der Waals surface area contributed by atoms with Crippen LogP contribution in [0.4, 0.5) is 11.4 Å². The molecule has 0 bridgehead atoms. The molecule has 0 radical (unpaired) electrons. The lowest BCUT2D eigenvalue weighted by Crippen LogP contribution is -2.47. The molecule has 2 rings (SSSR count). The van der Waals surface area contributed by atoms with Gasteiger partial charge in [0.1, 0.15) is 11.8 Å². The lowest BCUT2D eigenvalue weighted by molar-refractivity contribution is -0.119. The van der Waals surface area contributed by atoms with E-state index in [4.69, 9.17) is 4.74 Å². The highest BCUT2D eigenvalue weighted by molar-refractivity contribution is 6.01. The van der Waals surface area contributed by atoms with Crippen LogP contribution in [-0.4, -0.2) is 30.9 Å². The second kappa shape index (κ2) is 9.55. The lowest BCUT2D eigenvalue weighted by atomic mass is 10.0. The van der Waals surface area contributed by atoms with E-state index in [-0.39, 0.29) is 23.6 Å². The Morgan fingerprint density at radius 1 is 0.857 bits per heavy atom. The number of benzene rings is 2. The number of ether oxygens (including phenoxy) is 1. The molecule has 0 aliphatic carbocycles. The van der Waals surface area contributed by atoms with E-state index in [2.05, 4.69) is 16.0 Å². The van der Waals surface area contributed by atoms with Crippen molar-refractivity contribution < 1.29 is 19.1 Å². The molecular weight excluding hydrogens is 358 g/mol. The Labute approximate surface area is 164 Å². The zero-order chi connectivity index (χ0) is 20.7. The molecule has 0 aliphatic heterocycles. The van der Waals surface area contributed by atoms with E-state index < -0.39 is 6.04 Å². The molecule has 1 atom stereocenters. The summed E-state index contributed by atoms with van der Waals surface area (Å²) in [4.78, 5) is 36.2. The molecule has 0 aromatic heterocycles. The molecule has 7 heteroatoms. The van der Waals surface area contributed by atoms with Gasteiger partial charge in [-0.25, -0.2) is 0 Å². The van der Waals surface area contributed by atoms with Gasteiger partial charge in [0.05, 0.1) is 7.11 Å². The number of carbonyl (C=O) groups excluding carboxylic acids is 3. The summed E-state index contributed by atoms with van der Waals surface area (Å²) in [6.45, 7) is 5.14. The van der Waals surface area contributed by atoms with E-state index in [0.29, 0.717) is 22.7 Å². The van der Waals surface area contributed by atoms with Crippen LogP contribution in [0.25, 0.3) is 0 Å². The largest absolute Gasteiger partial charge is 0.497 e. The van der Waals surface area contributed by atoms with Gasteiger partial charge in [-0.15, -0.1) is 0 Å². The van der Waals surface area contributed by atoms with Crippen LogP contribution in [0.3, 0.4) is 0 Å². The van der Waals surface area contributed by atoms with E-state index >= 15 is 0 Å². The fourth-order valence-electron chi connectivity index (χ4n) is 2.56. The molecule has 28 heavy (non-hydrogen) atoms. The highest BCUT2D eigenvalue weighted by atomic mass is 16.5. The van der Waals surface area contributed by atoms with Gasteiger partial charge in [-0.1, -0.05) is 13.8 Å². The van der Waals surface area contributed by atoms with Gasteiger partial charge < -0.3 is 20.7 Å². The minimum atomic E-state index is -0.704. The van der Waals surface area contributed by atoms with Gasteiger partial charge in [-0.05, 0) is 54.4 Å². The number of methoxy groups -OCH3 is 1. The summed E-state index contributed by atoms with van der Waals surface area (Å²) in [5.41, 5.74) is 1.65. The first-order chi connectivity index (χ1) is 13.3. The average Bonchev–Trinajstić information content (AvgIpc) is 2.66. The van der Waals surface area contributed by atoms with Crippen LogP contribution in [0, 0.1) is 5.92 Å². The monoisotopic (exact) mass is 383 g/mol. The number of nitrogens with one attached hydrogen (secondary N) is 3. The van der Waals surface area contributed by atoms with E-state index in [1.54, 1.807) is 55.6 Å². The summed E-state index contributed by atoms with van der Waals surface area (Å²) >= 11 is 0. The van der Waals surface area contributed by atoms with Gasteiger partial charge in [0.2, 0.25) is 11.8 Å². The van der Waals surface area contributed by atoms with Crippen molar-refractivity contribution in [3.8, 4) is 5.75 Å². The van der Waals surface area contributed by atoms with Crippen molar-refractivity contribution in [3.63, 3.8) is 0 Å². The minimum Gasteiger partial charge on any atom is -0.497 e. The van der Waals surface area contributed by atoms with Crippen LogP contribution in [0.5, 0.6) is 5.75 Å². The number of hydrogen-bond acceptors (Lipinski definition) is 4. The zero-order valence-corrected chi connectivity index (χ0v) is 16.4. The highest BCUT2D eigenvalue weighted by Gasteiger charge is 2.24. The number of hydrogen-bond donors (Lipinski definition) is 3. The Morgan fingerprint density at radius 3 is 1.86 bits per heavy atom. The summed E-state index contributed by atoms with van der Waals surface area (Å²) in [6, 6.07) is 12.7. The highest BCUT2D eigenvalue weighted by Crippen LogP contribution is 2.16. The number of amides is 3. The molecule has 7 nitrogen and oxygen atoms in total. The SMILES string of the molecule is COc1ccc(C(=O)N[C@H](C(=O)Nc2ccc(NC(C)=O)cc2)C(C)C)cc1. The van der Waals surface area contributed by atoms with Crippen LogP contribution in [-0.2, 0) is 9.59 Å². The maximum Gasteiger partial charge on any atom is 0.251 e. The molecule has 0 heterocycles. The summed E-state index contributed by atoms with van der Waals surface area (Å²) in [6.07, 6.45) is 0. The topological polar surface area (TPSA) is 96.5 Å². The van der Waals surface area contributed by atoms with Gasteiger partial charge >= 0.3 is 0 Å². The fraction of sp³-hybridized carbons (Fsp3) is 0.286. The number of rotatable bonds is 7. The van der Waals surface area contributed by atoms with Crippen LogP contribution in [0.1, 0.15) is 31.1 Å². The zero-order valence-electron chi connectivity index (χ0n) is 16.4. The Morgan fingerprint density at radius 2 is 1.39 bits per heavy atom. The predicted octanol–water partition coefficient (Wildman–Crippen LogP) is 3.05. The molecule has 3 amide bonds. The summed E-state index contributed by atoms with van der Waals surface area (Å²) in [5.74, 6) is -0.280. The van der Waals surface area contributed by atoms with E-state index in [1.807, 2.05) is 13.8 Å². The predicted molar refractivity (Wildman–Crippen MR) is 108 cm³/mol. The first-order valence-corrected chi connectivity index (χ1v) is 8.93. The van der Waals surface area contributed by atoms with Crippen LogP contribution >= 0.6 is 0 Å². The Hall–Kier alpha value is -3.35.